The maximum absolute atomic E-state index is 13.7. The van der Waals surface area contributed by atoms with Crippen LogP contribution in [0.4, 0.5) is 4.39 Å². The molecule has 2 aromatic carbocycles. The van der Waals surface area contributed by atoms with Crippen molar-refractivity contribution in [1.29, 1.82) is 0 Å². The molecule has 1 unspecified atom stereocenters. The maximum atomic E-state index is 13.7. The second-order valence-corrected chi connectivity index (χ2v) is 14.5. The summed E-state index contributed by atoms with van der Waals surface area (Å²) in [5, 5.41) is 11.5. The van der Waals surface area contributed by atoms with E-state index in [0.29, 0.717) is 30.7 Å². The largest absolute Gasteiger partial charge is 0.481 e. The first-order valence-corrected chi connectivity index (χ1v) is 15.7. The number of hydrogen-bond acceptors (Lipinski definition) is 4. The second-order valence-electron chi connectivity index (χ2n) is 14.5. The van der Waals surface area contributed by atoms with Gasteiger partial charge >= 0.3 is 5.97 Å². The van der Waals surface area contributed by atoms with Gasteiger partial charge in [0.15, 0.2) is 0 Å². The van der Waals surface area contributed by atoms with Crippen molar-refractivity contribution >= 4 is 24.0 Å². The van der Waals surface area contributed by atoms with Crippen molar-refractivity contribution in [2.24, 2.45) is 21.7 Å². The average Bonchev–Trinajstić information content (AvgIpc) is 2.94. The van der Waals surface area contributed by atoms with Crippen molar-refractivity contribution in [3.05, 3.63) is 71.0 Å². The van der Waals surface area contributed by atoms with Gasteiger partial charge in [0, 0.05) is 17.8 Å². The monoisotopic (exact) mass is 607 g/mol. The van der Waals surface area contributed by atoms with Crippen LogP contribution in [0.1, 0.15) is 121 Å². The van der Waals surface area contributed by atoms with Crippen LogP contribution >= 0.6 is 0 Å². The fourth-order valence-corrected chi connectivity index (χ4v) is 6.18. The van der Waals surface area contributed by atoms with Crippen LogP contribution in [-0.4, -0.2) is 46.2 Å². The summed E-state index contributed by atoms with van der Waals surface area (Å²) >= 11 is 0. The third-order valence-electron chi connectivity index (χ3n) is 8.93. The number of nitrogens with one attached hydrogen (secondary N) is 1. The molecule has 0 spiro atoms. The molecule has 1 aliphatic carbocycles. The van der Waals surface area contributed by atoms with Crippen LogP contribution in [0.5, 0.6) is 0 Å². The van der Waals surface area contributed by atoms with Gasteiger partial charge < -0.3 is 15.3 Å². The molecule has 44 heavy (non-hydrogen) atoms. The Balaban J connectivity index is 2.04. The van der Waals surface area contributed by atoms with Gasteiger partial charge in [0.25, 0.3) is 5.91 Å². The Morgan fingerprint density at radius 2 is 1.59 bits per heavy atom. The molecule has 0 heterocycles. The van der Waals surface area contributed by atoms with Crippen LogP contribution in [-0.2, 0) is 9.59 Å². The van der Waals surface area contributed by atoms with E-state index < -0.39 is 11.6 Å². The van der Waals surface area contributed by atoms with Gasteiger partial charge in [0.2, 0.25) is 6.41 Å². The number of aliphatic carboxylic acids is 1. The number of nitrogens with zero attached hydrogens (tertiary/aromatic N) is 2. The molecule has 1 aliphatic rings. The van der Waals surface area contributed by atoms with E-state index in [1.165, 1.54) is 12.1 Å². The van der Waals surface area contributed by atoms with Crippen LogP contribution in [0.15, 0.2) is 53.5 Å². The topological polar surface area (TPSA) is 99.1 Å². The third-order valence-corrected chi connectivity index (χ3v) is 8.93. The van der Waals surface area contributed by atoms with E-state index >= 15 is 0 Å². The van der Waals surface area contributed by atoms with Gasteiger partial charge in [-0.15, -0.1) is 0 Å². The van der Waals surface area contributed by atoms with Crippen LogP contribution in [0.2, 0.25) is 0 Å². The first kappa shape index (κ1) is 34.9. The summed E-state index contributed by atoms with van der Waals surface area (Å²) in [6.07, 6.45) is 5.64. The van der Waals surface area contributed by atoms with E-state index in [1.807, 2.05) is 24.0 Å². The van der Waals surface area contributed by atoms with Crippen molar-refractivity contribution in [2.75, 3.05) is 6.54 Å². The van der Waals surface area contributed by atoms with Crippen LogP contribution in [0, 0.1) is 22.6 Å². The molecule has 7 nitrogen and oxygen atoms in total. The summed E-state index contributed by atoms with van der Waals surface area (Å²) in [4.78, 5) is 43.9. The first-order valence-electron chi connectivity index (χ1n) is 15.7. The molecule has 240 valence electrons. The van der Waals surface area contributed by atoms with E-state index in [4.69, 9.17) is 10.1 Å². The number of hydrogen-bond donors (Lipinski definition) is 2. The Labute approximate surface area is 262 Å². The summed E-state index contributed by atoms with van der Waals surface area (Å²) in [5.41, 5.74) is 2.30. The smallest absolute Gasteiger partial charge is 0.305 e. The van der Waals surface area contributed by atoms with Gasteiger partial charge in [0.05, 0.1) is 12.5 Å². The van der Waals surface area contributed by atoms with E-state index in [-0.39, 0.29) is 41.6 Å². The fraction of sp³-hybridized carbons (Fsp3) is 0.556. The quantitative estimate of drug-likeness (QED) is 0.190. The lowest BCUT2D eigenvalue weighted by Gasteiger charge is -2.49. The van der Waals surface area contributed by atoms with Crippen LogP contribution in [0.3, 0.4) is 0 Å². The molecule has 0 bridgehead atoms. The summed E-state index contributed by atoms with van der Waals surface area (Å²) in [7, 11) is 0. The van der Waals surface area contributed by atoms with E-state index in [0.717, 1.165) is 42.5 Å². The number of benzene rings is 2. The number of amides is 2. The fourth-order valence-electron chi connectivity index (χ4n) is 6.18. The predicted octanol–water partition coefficient (Wildman–Crippen LogP) is 7.80. The minimum absolute atomic E-state index is 0.0289. The Bertz CT molecular complexity index is 1300. The molecular weight excluding hydrogens is 557 g/mol. The van der Waals surface area contributed by atoms with Crippen LogP contribution in [0.25, 0.3) is 0 Å². The molecule has 1 fully saturated rings. The number of halogens is 1. The summed E-state index contributed by atoms with van der Waals surface area (Å²) in [6, 6.07) is 13.3. The highest BCUT2D eigenvalue weighted by atomic mass is 19.1. The summed E-state index contributed by atoms with van der Waals surface area (Å²) in [6.45, 7) is 15.3. The molecule has 2 aromatic rings. The zero-order chi connectivity index (χ0) is 32.7. The molecular formula is C36H50FN3O4. The zero-order valence-electron chi connectivity index (χ0n) is 27.5. The molecule has 0 radical (unpaired) electrons. The van der Waals surface area contributed by atoms with Crippen molar-refractivity contribution in [2.45, 2.75) is 105 Å². The lowest BCUT2D eigenvalue weighted by molar-refractivity contribution is -0.136. The first-order chi connectivity index (χ1) is 20.5. The summed E-state index contributed by atoms with van der Waals surface area (Å²) in [5.74, 6) is -1.12. The van der Waals surface area contributed by atoms with Crippen molar-refractivity contribution in [1.82, 2.24) is 10.2 Å². The van der Waals surface area contributed by atoms with Gasteiger partial charge in [-0.2, -0.15) is 0 Å². The molecule has 0 aromatic heterocycles. The van der Waals surface area contributed by atoms with E-state index in [2.05, 4.69) is 46.9 Å². The van der Waals surface area contributed by atoms with Gasteiger partial charge in [-0.1, -0.05) is 65.8 Å². The Morgan fingerprint density at radius 1 is 1.02 bits per heavy atom. The van der Waals surface area contributed by atoms with E-state index in [9.17, 15) is 18.8 Å². The summed E-state index contributed by atoms with van der Waals surface area (Å²) < 4.78 is 13.7. The van der Waals surface area contributed by atoms with E-state index in [1.54, 1.807) is 24.3 Å². The van der Waals surface area contributed by atoms with Gasteiger partial charge in [-0.3, -0.25) is 19.4 Å². The normalized spacial score (nSPS) is 20.1. The number of carboxylic acid groups (broad SMARTS) is 1. The SMILES string of the molecule is C/C(=N\C1(N(C=O)C(CCC(C)(C)C)c2ccc(C(=O)NCCC(=O)O)cc2)CCC(C(C)(C)C)CC1)c1ccc(F)cc1. The number of rotatable bonds is 12. The second kappa shape index (κ2) is 14.5. The highest BCUT2D eigenvalue weighted by molar-refractivity contribution is 5.99. The lowest BCUT2D eigenvalue weighted by Crippen LogP contribution is -2.52. The van der Waals surface area contributed by atoms with Crippen LogP contribution < -0.4 is 5.32 Å². The predicted molar refractivity (Wildman–Crippen MR) is 173 cm³/mol. The number of carboxylic acids is 1. The van der Waals surface area contributed by atoms with Gasteiger partial charge in [-0.25, -0.2) is 4.39 Å². The molecule has 0 aliphatic heterocycles. The highest BCUT2D eigenvalue weighted by Gasteiger charge is 2.45. The minimum atomic E-state index is -0.973. The number of aliphatic imine (C=N–C) groups is 1. The Hall–Kier alpha value is -3.55. The van der Waals surface area contributed by atoms with Gasteiger partial charge in [-0.05, 0) is 97.6 Å². The van der Waals surface area contributed by atoms with Crippen molar-refractivity contribution < 1.29 is 23.9 Å². The van der Waals surface area contributed by atoms with Crippen molar-refractivity contribution in [3.8, 4) is 0 Å². The highest BCUT2D eigenvalue weighted by Crippen LogP contribution is 2.47. The Kier molecular flexibility index (Phi) is 11.5. The molecule has 1 atom stereocenters. The molecule has 1 saturated carbocycles. The minimum Gasteiger partial charge on any atom is -0.481 e. The third kappa shape index (κ3) is 9.47. The molecule has 2 N–H and O–H groups in total. The van der Waals surface area contributed by atoms with Crippen molar-refractivity contribution in [3.63, 3.8) is 0 Å². The maximum Gasteiger partial charge on any atom is 0.305 e. The van der Waals surface area contributed by atoms with Gasteiger partial charge in [0.1, 0.15) is 11.5 Å². The molecule has 2 amide bonds. The number of carbonyl (C=O) groups is 3. The number of carbonyl (C=O) groups excluding carboxylic acids is 2. The molecule has 3 rings (SSSR count). The molecule has 8 heteroatoms. The molecule has 0 saturated heterocycles. The zero-order valence-corrected chi connectivity index (χ0v) is 27.5. The Morgan fingerprint density at radius 3 is 2.09 bits per heavy atom. The lowest BCUT2D eigenvalue weighted by atomic mass is 9.69. The standard InChI is InChI=1S/C36H50FN3O4/c1-25(26-12-14-30(37)15-13-26)39-36(21-16-29(17-22-36)35(5,6)7)40(24-41)31(18-20-34(2,3)4)27-8-10-28(11-9-27)33(44)38-23-19-32(42)43/h8-15,24,29,31H,16-23H2,1-7H3,(H,38,44)(H,42,43)/b39-25+. The average molecular weight is 608 g/mol.